The molecule has 0 bridgehead atoms. The Morgan fingerprint density at radius 2 is 1.85 bits per heavy atom. The minimum atomic E-state index is -0.0657. The van der Waals surface area contributed by atoms with Gasteiger partial charge in [-0.3, -0.25) is 4.79 Å². The minimum absolute atomic E-state index is 0.0657. The third-order valence-electron chi connectivity index (χ3n) is 5.27. The van der Waals surface area contributed by atoms with Gasteiger partial charge in [0.2, 0.25) is 5.91 Å². The molecule has 4 nitrogen and oxygen atoms in total. The van der Waals surface area contributed by atoms with E-state index in [0.29, 0.717) is 11.5 Å². The summed E-state index contributed by atoms with van der Waals surface area (Å²) in [4.78, 5) is 13.7. The second-order valence-electron chi connectivity index (χ2n) is 7.15. The number of nitriles is 1. The molecule has 1 heterocycles. The largest absolute Gasteiger partial charge is 0.371 e. The summed E-state index contributed by atoms with van der Waals surface area (Å²) in [6.45, 7) is 9.71. The fourth-order valence-electron chi connectivity index (χ4n) is 3.62. The predicted molar refractivity (Wildman–Crippen MR) is 109 cm³/mol. The van der Waals surface area contributed by atoms with Crippen LogP contribution in [0.5, 0.6) is 0 Å². The minimum Gasteiger partial charge on any atom is -0.371 e. The molecule has 1 aliphatic heterocycles. The highest BCUT2D eigenvalue weighted by Gasteiger charge is 2.22. The average Bonchev–Trinajstić information content (AvgIpc) is 2.69. The number of hydrogen-bond donors (Lipinski definition) is 1. The normalized spacial score (nSPS) is 14.5. The summed E-state index contributed by atoms with van der Waals surface area (Å²) in [5, 5.41) is 11.8. The van der Waals surface area contributed by atoms with Crippen LogP contribution in [0.25, 0.3) is 5.70 Å². The van der Waals surface area contributed by atoms with E-state index >= 15 is 0 Å². The molecule has 4 heteroatoms. The van der Waals surface area contributed by atoms with Crippen LogP contribution in [-0.4, -0.2) is 23.9 Å². The van der Waals surface area contributed by atoms with Crippen LogP contribution in [0, 0.1) is 18.3 Å². The highest BCUT2D eigenvalue weighted by molar-refractivity contribution is 5.90. The number of aryl methyl sites for hydroxylation is 1. The molecule has 0 radical (unpaired) electrons. The summed E-state index contributed by atoms with van der Waals surface area (Å²) >= 11 is 0. The van der Waals surface area contributed by atoms with Crippen LogP contribution in [0.4, 0.5) is 5.69 Å². The van der Waals surface area contributed by atoms with Gasteiger partial charge in [-0.05, 0) is 60.6 Å². The van der Waals surface area contributed by atoms with Gasteiger partial charge in [-0.25, -0.2) is 0 Å². The van der Waals surface area contributed by atoms with Crippen LogP contribution in [0.1, 0.15) is 47.9 Å². The molecular weight excluding hydrogens is 334 g/mol. The number of amides is 1. The molecule has 1 fully saturated rings. The van der Waals surface area contributed by atoms with E-state index in [1.54, 1.807) is 0 Å². The molecule has 2 aromatic rings. The van der Waals surface area contributed by atoms with E-state index in [9.17, 15) is 4.79 Å². The maximum Gasteiger partial charge on any atom is 0.221 e. The zero-order valence-corrected chi connectivity index (χ0v) is 16.0. The van der Waals surface area contributed by atoms with Crippen LogP contribution in [0.15, 0.2) is 49.0 Å². The van der Waals surface area contributed by atoms with E-state index in [1.165, 1.54) is 12.5 Å². The number of carbonyl (C=O) groups excluding carboxylic acids is 1. The summed E-state index contributed by atoms with van der Waals surface area (Å²) in [5.41, 5.74) is 5.94. The Kier molecular flexibility index (Phi) is 5.61. The third-order valence-corrected chi connectivity index (χ3v) is 5.27. The predicted octanol–water partition coefficient (Wildman–Crippen LogP) is 4.68. The molecule has 0 atom stereocenters. The summed E-state index contributed by atoms with van der Waals surface area (Å²) in [6.07, 6.45) is 2.13. The van der Waals surface area contributed by atoms with Crippen molar-refractivity contribution in [2.24, 2.45) is 0 Å². The van der Waals surface area contributed by atoms with Gasteiger partial charge in [0.25, 0.3) is 0 Å². The molecule has 1 saturated heterocycles. The summed E-state index contributed by atoms with van der Waals surface area (Å²) < 4.78 is 0. The molecule has 0 aliphatic carbocycles. The van der Waals surface area contributed by atoms with E-state index in [4.69, 9.17) is 5.26 Å². The lowest BCUT2D eigenvalue weighted by Crippen LogP contribution is -2.31. The van der Waals surface area contributed by atoms with E-state index in [0.717, 1.165) is 48.4 Å². The standard InChI is InChI=1S/C23H25N3O/c1-16-4-7-22(14-23(16)25-18(3)27)17(2)26-12-10-21(11-13-26)20-8-5-19(15-24)6-9-20/h4-9,14,21H,2,10-13H2,1,3H3,(H,25,27). The first-order valence-electron chi connectivity index (χ1n) is 9.30. The van der Waals surface area contributed by atoms with Gasteiger partial charge in [-0.2, -0.15) is 5.26 Å². The Morgan fingerprint density at radius 1 is 1.19 bits per heavy atom. The van der Waals surface area contributed by atoms with Gasteiger partial charge in [0.05, 0.1) is 11.6 Å². The van der Waals surface area contributed by atoms with Crippen molar-refractivity contribution in [3.05, 3.63) is 71.3 Å². The van der Waals surface area contributed by atoms with E-state index in [1.807, 2.05) is 31.2 Å². The van der Waals surface area contributed by atoms with Gasteiger partial charge in [-0.15, -0.1) is 0 Å². The lowest BCUT2D eigenvalue weighted by atomic mass is 9.88. The third kappa shape index (κ3) is 4.38. The lowest BCUT2D eigenvalue weighted by molar-refractivity contribution is -0.114. The highest BCUT2D eigenvalue weighted by Crippen LogP contribution is 2.32. The van der Waals surface area contributed by atoms with Crippen molar-refractivity contribution in [3.63, 3.8) is 0 Å². The van der Waals surface area contributed by atoms with E-state index in [-0.39, 0.29) is 5.91 Å². The summed E-state index contributed by atoms with van der Waals surface area (Å²) in [7, 11) is 0. The molecule has 3 rings (SSSR count). The Hall–Kier alpha value is -3.06. The van der Waals surface area contributed by atoms with E-state index < -0.39 is 0 Å². The van der Waals surface area contributed by atoms with Gasteiger partial charge in [0, 0.05) is 31.4 Å². The Labute approximate surface area is 161 Å². The Morgan fingerprint density at radius 3 is 2.44 bits per heavy atom. The van der Waals surface area contributed by atoms with Gasteiger partial charge >= 0.3 is 0 Å². The molecule has 2 aromatic carbocycles. The van der Waals surface area contributed by atoms with Crippen molar-refractivity contribution in [1.82, 2.24) is 4.90 Å². The molecule has 1 N–H and O–H groups in total. The topological polar surface area (TPSA) is 56.1 Å². The molecule has 1 amide bonds. The number of nitrogens with zero attached hydrogens (tertiary/aromatic N) is 2. The first kappa shape index (κ1) is 18.7. The molecular formula is C23H25N3O. The highest BCUT2D eigenvalue weighted by atomic mass is 16.1. The number of nitrogens with one attached hydrogen (secondary N) is 1. The SMILES string of the molecule is C=C(c1ccc(C)c(NC(C)=O)c1)N1CCC(c2ccc(C#N)cc2)CC1. The van der Waals surface area contributed by atoms with Crippen molar-refractivity contribution < 1.29 is 4.79 Å². The Balaban J connectivity index is 1.66. The van der Waals surface area contributed by atoms with Crippen LogP contribution >= 0.6 is 0 Å². The molecule has 27 heavy (non-hydrogen) atoms. The molecule has 1 aliphatic rings. The van der Waals surface area contributed by atoms with Crippen molar-refractivity contribution >= 4 is 17.3 Å². The molecule has 0 spiro atoms. The van der Waals surface area contributed by atoms with Crippen LogP contribution in [0.3, 0.4) is 0 Å². The summed E-state index contributed by atoms with van der Waals surface area (Å²) in [6, 6.07) is 16.2. The maximum atomic E-state index is 11.4. The van der Waals surface area contributed by atoms with Crippen molar-refractivity contribution in [2.75, 3.05) is 18.4 Å². The lowest BCUT2D eigenvalue weighted by Gasteiger charge is -2.35. The summed E-state index contributed by atoms with van der Waals surface area (Å²) in [5.74, 6) is 0.457. The molecule has 138 valence electrons. The quantitative estimate of drug-likeness (QED) is 0.863. The Bertz CT molecular complexity index is 885. The van der Waals surface area contributed by atoms with Gasteiger partial charge < -0.3 is 10.2 Å². The van der Waals surface area contributed by atoms with Crippen molar-refractivity contribution in [3.8, 4) is 6.07 Å². The first-order valence-corrected chi connectivity index (χ1v) is 9.30. The number of hydrogen-bond acceptors (Lipinski definition) is 3. The zero-order valence-electron chi connectivity index (χ0n) is 16.0. The number of likely N-dealkylation sites (tertiary alicyclic amines) is 1. The number of benzene rings is 2. The number of rotatable bonds is 4. The second-order valence-corrected chi connectivity index (χ2v) is 7.15. The number of anilines is 1. The van der Waals surface area contributed by atoms with Gasteiger partial charge in [0.15, 0.2) is 0 Å². The molecule has 0 unspecified atom stereocenters. The second kappa shape index (κ2) is 8.09. The average molecular weight is 359 g/mol. The molecule has 0 aromatic heterocycles. The van der Waals surface area contributed by atoms with Crippen LogP contribution < -0.4 is 5.32 Å². The maximum absolute atomic E-state index is 11.4. The zero-order chi connectivity index (χ0) is 19.4. The number of piperidine rings is 1. The van der Waals surface area contributed by atoms with Crippen LogP contribution in [-0.2, 0) is 4.79 Å². The fraction of sp³-hybridized carbons (Fsp3) is 0.304. The van der Waals surface area contributed by atoms with E-state index in [2.05, 4.69) is 41.1 Å². The number of carbonyl (C=O) groups is 1. The van der Waals surface area contributed by atoms with Gasteiger partial charge in [0.1, 0.15) is 0 Å². The fourth-order valence-corrected chi connectivity index (χ4v) is 3.62. The van der Waals surface area contributed by atoms with Gasteiger partial charge in [-0.1, -0.05) is 30.8 Å². The smallest absolute Gasteiger partial charge is 0.221 e. The van der Waals surface area contributed by atoms with Crippen LogP contribution in [0.2, 0.25) is 0 Å². The van der Waals surface area contributed by atoms with Crippen molar-refractivity contribution in [1.29, 1.82) is 5.26 Å². The van der Waals surface area contributed by atoms with Crippen molar-refractivity contribution in [2.45, 2.75) is 32.6 Å². The first-order chi connectivity index (χ1) is 13.0. The monoisotopic (exact) mass is 359 g/mol. The molecule has 0 saturated carbocycles.